The molecular weight excluding hydrogens is 334 g/mol. The Bertz CT molecular complexity index is 748. The topological polar surface area (TPSA) is 81.6 Å². The number of hydrogen-bond acceptors (Lipinski definition) is 6. The predicted octanol–water partition coefficient (Wildman–Crippen LogP) is 2.96. The first-order valence-electron chi connectivity index (χ1n) is 9.44. The monoisotopic (exact) mass is 359 g/mol. The summed E-state index contributed by atoms with van der Waals surface area (Å²) < 4.78 is 16.1. The van der Waals surface area contributed by atoms with Crippen molar-refractivity contribution in [2.24, 2.45) is 5.92 Å². The second kappa shape index (κ2) is 7.61. The molecule has 2 aliphatic heterocycles. The van der Waals surface area contributed by atoms with E-state index < -0.39 is 0 Å². The van der Waals surface area contributed by atoms with E-state index in [2.05, 4.69) is 10.1 Å². The molecule has 2 aliphatic rings. The van der Waals surface area contributed by atoms with Gasteiger partial charge < -0.3 is 18.6 Å². The van der Waals surface area contributed by atoms with Crippen LogP contribution < -0.4 is 0 Å². The van der Waals surface area contributed by atoms with E-state index in [-0.39, 0.29) is 5.91 Å². The Labute approximate surface area is 152 Å². The molecule has 1 atom stereocenters. The molecule has 0 radical (unpaired) electrons. The Balaban J connectivity index is 1.27. The van der Waals surface area contributed by atoms with E-state index in [1.54, 1.807) is 12.3 Å². The van der Waals surface area contributed by atoms with Gasteiger partial charge in [0.05, 0.1) is 11.8 Å². The highest BCUT2D eigenvalue weighted by molar-refractivity contribution is 5.95. The van der Waals surface area contributed by atoms with Crippen molar-refractivity contribution in [3.8, 4) is 0 Å². The summed E-state index contributed by atoms with van der Waals surface area (Å²) in [7, 11) is 0. The van der Waals surface area contributed by atoms with Crippen LogP contribution in [0, 0.1) is 12.8 Å². The summed E-state index contributed by atoms with van der Waals surface area (Å²) in [6.45, 7) is 4.95. The molecule has 0 spiro atoms. The molecular formula is C19H25N3O4. The Hall–Kier alpha value is -2.15. The van der Waals surface area contributed by atoms with Gasteiger partial charge in [-0.3, -0.25) is 4.79 Å². The van der Waals surface area contributed by atoms with Crippen molar-refractivity contribution in [2.45, 2.75) is 44.9 Å². The van der Waals surface area contributed by atoms with Crippen LogP contribution in [-0.4, -0.2) is 47.3 Å². The molecule has 1 amide bonds. The Kier molecular flexibility index (Phi) is 5.06. The SMILES string of the molecule is Cc1occc1C(=O)N1CCC(CCc2noc(C3CCOCC3)n2)C1. The zero-order valence-corrected chi connectivity index (χ0v) is 15.1. The quantitative estimate of drug-likeness (QED) is 0.816. The fraction of sp³-hybridized carbons (Fsp3) is 0.632. The Morgan fingerprint density at radius 1 is 1.31 bits per heavy atom. The maximum atomic E-state index is 12.5. The number of hydrogen-bond donors (Lipinski definition) is 0. The van der Waals surface area contributed by atoms with Crippen molar-refractivity contribution < 1.29 is 18.5 Å². The maximum Gasteiger partial charge on any atom is 0.257 e. The van der Waals surface area contributed by atoms with Gasteiger partial charge in [0.25, 0.3) is 5.91 Å². The summed E-state index contributed by atoms with van der Waals surface area (Å²) in [6, 6.07) is 1.75. The third kappa shape index (κ3) is 3.67. The van der Waals surface area contributed by atoms with E-state index in [0.29, 0.717) is 23.2 Å². The van der Waals surface area contributed by atoms with Gasteiger partial charge in [0.2, 0.25) is 5.89 Å². The van der Waals surface area contributed by atoms with E-state index in [0.717, 1.165) is 70.1 Å². The van der Waals surface area contributed by atoms with E-state index >= 15 is 0 Å². The van der Waals surface area contributed by atoms with Crippen LogP contribution in [0.25, 0.3) is 0 Å². The number of likely N-dealkylation sites (tertiary alicyclic amines) is 1. The van der Waals surface area contributed by atoms with E-state index in [1.807, 2.05) is 11.8 Å². The minimum absolute atomic E-state index is 0.0696. The normalized spacial score (nSPS) is 21.4. The molecule has 7 nitrogen and oxygen atoms in total. The zero-order chi connectivity index (χ0) is 17.9. The Morgan fingerprint density at radius 3 is 2.92 bits per heavy atom. The van der Waals surface area contributed by atoms with E-state index in [1.165, 1.54) is 0 Å². The molecule has 26 heavy (non-hydrogen) atoms. The summed E-state index contributed by atoms with van der Waals surface area (Å²) in [4.78, 5) is 19.0. The van der Waals surface area contributed by atoms with Crippen LogP contribution in [0.15, 0.2) is 21.3 Å². The molecule has 2 aromatic heterocycles. The van der Waals surface area contributed by atoms with Crippen LogP contribution in [0.4, 0.5) is 0 Å². The highest BCUT2D eigenvalue weighted by atomic mass is 16.5. The highest BCUT2D eigenvalue weighted by Crippen LogP contribution is 2.27. The van der Waals surface area contributed by atoms with Gasteiger partial charge in [-0.05, 0) is 44.6 Å². The minimum atomic E-state index is 0.0696. The summed E-state index contributed by atoms with van der Waals surface area (Å²) in [6.07, 6.45) is 6.27. The third-order valence-corrected chi connectivity index (χ3v) is 5.49. The van der Waals surface area contributed by atoms with Gasteiger partial charge in [-0.25, -0.2) is 0 Å². The van der Waals surface area contributed by atoms with Crippen molar-refractivity contribution >= 4 is 5.91 Å². The van der Waals surface area contributed by atoms with E-state index in [9.17, 15) is 4.79 Å². The second-order valence-corrected chi connectivity index (χ2v) is 7.27. The molecule has 0 aromatic carbocycles. The molecule has 7 heteroatoms. The van der Waals surface area contributed by atoms with Crippen molar-refractivity contribution in [1.29, 1.82) is 0 Å². The summed E-state index contributed by atoms with van der Waals surface area (Å²) in [5.74, 6) is 3.11. The summed E-state index contributed by atoms with van der Waals surface area (Å²) in [5, 5.41) is 4.14. The van der Waals surface area contributed by atoms with Crippen molar-refractivity contribution in [2.75, 3.05) is 26.3 Å². The molecule has 2 saturated heterocycles. The predicted molar refractivity (Wildman–Crippen MR) is 92.9 cm³/mol. The third-order valence-electron chi connectivity index (χ3n) is 5.49. The lowest BCUT2D eigenvalue weighted by Gasteiger charge is -2.17. The molecule has 0 saturated carbocycles. The maximum absolute atomic E-state index is 12.5. The number of amides is 1. The first-order chi connectivity index (χ1) is 12.7. The molecule has 4 heterocycles. The lowest BCUT2D eigenvalue weighted by atomic mass is 10.0. The lowest BCUT2D eigenvalue weighted by molar-refractivity contribution is 0.0778. The standard InChI is InChI=1S/C19H25N3O4/c1-13-16(7-11-25-13)19(23)22-8-4-14(12-22)2-3-17-20-18(26-21-17)15-5-9-24-10-6-15/h7,11,14-15H,2-6,8-10,12H2,1H3. The number of aryl methyl sites for hydroxylation is 2. The number of carbonyl (C=O) groups is 1. The largest absolute Gasteiger partial charge is 0.469 e. The van der Waals surface area contributed by atoms with Crippen molar-refractivity contribution in [3.05, 3.63) is 35.4 Å². The molecule has 0 aliphatic carbocycles. The van der Waals surface area contributed by atoms with E-state index in [4.69, 9.17) is 13.7 Å². The highest BCUT2D eigenvalue weighted by Gasteiger charge is 2.29. The van der Waals surface area contributed by atoms with Crippen molar-refractivity contribution in [1.82, 2.24) is 15.0 Å². The van der Waals surface area contributed by atoms with Gasteiger partial charge >= 0.3 is 0 Å². The zero-order valence-electron chi connectivity index (χ0n) is 15.1. The molecule has 0 N–H and O–H groups in total. The van der Waals surface area contributed by atoms with Crippen LogP contribution in [0.2, 0.25) is 0 Å². The van der Waals surface area contributed by atoms with Crippen LogP contribution >= 0.6 is 0 Å². The van der Waals surface area contributed by atoms with Gasteiger partial charge in [0.1, 0.15) is 5.76 Å². The summed E-state index contributed by atoms with van der Waals surface area (Å²) in [5.41, 5.74) is 0.671. The number of carbonyl (C=O) groups excluding carboxylic acids is 1. The van der Waals surface area contributed by atoms with Crippen molar-refractivity contribution in [3.63, 3.8) is 0 Å². The molecule has 1 unspecified atom stereocenters. The van der Waals surface area contributed by atoms with Crippen LogP contribution in [0.1, 0.15) is 59.4 Å². The smallest absolute Gasteiger partial charge is 0.257 e. The van der Waals surface area contributed by atoms with Gasteiger partial charge in [0.15, 0.2) is 5.82 Å². The lowest BCUT2D eigenvalue weighted by Crippen LogP contribution is -2.28. The Morgan fingerprint density at radius 2 is 2.15 bits per heavy atom. The fourth-order valence-electron chi connectivity index (χ4n) is 3.84. The molecule has 2 aromatic rings. The minimum Gasteiger partial charge on any atom is -0.469 e. The first kappa shape index (κ1) is 17.3. The number of rotatable bonds is 5. The average Bonchev–Trinajstić information content (AvgIpc) is 3.41. The van der Waals surface area contributed by atoms with Gasteiger partial charge in [0, 0.05) is 38.6 Å². The second-order valence-electron chi connectivity index (χ2n) is 7.27. The molecule has 0 bridgehead atoms. The summed E-state index contributed by atoms with van der Waals surface area (Å²) >= 11 is 0. The number of furan rings is 1. The number of nitrogens with zero attached hydrogens (tertiary/aromatic N) is 3. The van der Waals surface area contributed by atoms with Crippen LogP contribution in [-0.2, 0) is 11.2 Å². The van der Waals surface area contributed by atoms with Gasteiger partial charge in [-0.15, -0.1) is 0 Å². The number of ether oxygens (including phenoxy) is 1. The van der Waals surface area contributed by atoms with Crippen LogP contribution in [0.3, 0.4) is 0 Å². The molecule has 4 rings (SSSR count). The molecule has 2 fully saturated rings. The van der Waals surface area contributed by atoms with Gasteiger partial charge in [-0.2, -0.15) is 4.98 Å². The van der Waals surface area contributed by atoms with Crippen LogP contribution in [0.5, 0.6) is 0 Å². The number of aromatic nitrogens is 2. The first-order valence-corrected chi connectivity index (χ1v) is 9.44. The fourth-order valence-corrected chi connectivity index (χ4v) is 3.84. The molecule has 140 valence electrons. The average molecular weight is 359 g/mol. The van der Waals surface area contributed by atoms with Gasteiger partial charge in [-0.1, -0.05) is 5.16 Å².